The van der Waals surface area contributed by atoms with Gasteiger partial charge in [0, 0.05) is 23.2 Å². The van der Waals surface area contributed by atoms with Crippen molar-refractivity contribution < 1.29 is 13.9 Å². The molecule has 2 heterocycles. The van der Waals surface area contributed by atoms with Gasteiger partial charge in [0.15, 0.2) is 5.13 Å². The van der Waals surface area contributed by atoms with E-state index in [1.165, 1.54) is 18.2 Å². The number of morpholine rings is 1. The average Bonchev–Trinajstić information content (AvgIpc) is 3.05. The maximum atomic E-state index is 13.2. The summed E-state index contributed by atoms with van der Waals surface area (Å²) in [4.78, 5) is 19.3. The number of hydrogen-bond donors (Lipinski definition) is 1. The molecule has 4 rings (SSSR count). The van der Waals surface area contributed by atoms with E-state index < -0.39 is 5.82 Å². The molecule has 0 bridgehead atoms. The van der Waals surface area contributed by atoms with Crippen LogP contribution in [0.2, 0.25) is 0 Å². The first-order chi connectivity index (χ1) is 12.6. The molecule has 1 aliphatic heterocycles. The van der Waals surface area contributed by atoms with Crippen molar-refractivity contribution in [2.75, 3.05) is 36.5 Å². The molecule has 8 heteroatoms. The summed E-state index contributed by atoms with van der Waals surface area (Å²) in [7, 11) is 0. The zero-order valence-electron chi connectivity index (χ0n) is 13.7. The lowest BCUT2D eigenvalue weighted by molar-refractivity contribution is 0.102. The van der Waals surface area contributed by atoms with Crippen molar-refractivity contribution in [3.05, 3.63) is 52.3 Å². The number of nitrogens with one attached hydrogen (secondary N) is 1. The van der Waals surface area contributed by atoms with Gasteiger partial charge in [0.2, 0.25) is 0 Å². The predicted octanol–water partition coefficient (Wildman–Crippen LogP) is 4.29. The Kier molecular flexibility index (Phi) is 4.88. The van der Waals surface area contributed by atoms with Crippen LogP contribution < -0.4 is 10.2 Å². The van der Waals surface area contributed by atoms with Crippen LogP contribution in [0.1, 0.15) is 10.4 Å². The van der Waals surface area contributed by atoms with Gasteiger partial charge in [-0.15, -0.1) is 0 Å². The number of halogens is 2. The number of benzene rings is 2. The van der Waals surface area contributed by atoms with Crippen molar-refractivity contribution in [2.45, 2.75) is 0 Å². The van der Waals surface area contributed by atoms with E-state index in [1.807, 2.05) is 18.2 Å². The number of amides is 1. The highest BCUT2D eigenvalue weighted by Crippen LogP contribution is 2.31. The van der Waals surface area contributed by atoms with E-state index in [9.17, 15) is 9.18 Å². The minimum absolute atomic E-state index is 0.297. The lowest BCUT2D eigenvalue weighted by atomic mass is 10.2. The second-order valence-corrected chi connectivity index (χ2v) is 7.72. The highest BCUT2D eigenvalue weighted by Gasteiger charge is 2.16. The zero-order chi connectivity index (χ0) is 18.1. The highest BCUT2D eigenvalue weighted by molar-refractivity contribution is 9.10. The Bertz CT molecular complexity index is 972. The molecule has 5 nitrogen and oxygen atoms in total. The maximum absolute atomic E-state index is 13.2. The van der Waals surface area contributed by atoms with Crippen LogP contribution in [0, 0.1) is 5.82 Å². The van der Waals surface area contributed by atoms with Crippen molar-refractivity contribution in [2.24, 2.45) is 0 Å². The molecule has 0 aliphatic carbocycles. The zero-order valence-corrected chi connectivity index (χ0v) is 16.1. The van der Waals surface area contributed by atoms with Gasteiger partial charge in [-0.3, -0.25) is 4.79 Å². The van der Waals surface area contributed by atoms with E-state index >= 15 is 0 Å². The standard InChI is InChI=1S/C18H15BrFN3O2S/c19-14-9-11(20)1-3-13(14)17(24)21-12-2-4-15-16(10-12)26-18(22-15)23-5-7-25-8-6-23/h1-4,9-10H,5-8H2,(H,21,24). The van der Waals surface area contributed by atoms with Crippen molar-refractivity contribution >= 4 is 54.2 Å². The van der Waals surface area contributed by atoms with Crippen molar-refractivity contribution in [3.8, 4) is 0 Å². The molecule has 1 fully saturated rings. The molecular weight excluding hydrogens is 421 g/mol. The van der Waals surface area contributed by atoms with Gasteiger partial charge in [0.05, 0.1) is 29.0 Å². The first-order valence-corrected chi connectivity index (χ1v) is 9.71. The summed E-state index contributed by atoms with van der Waals surface area (Å²) in [5.41, 5.74) is 1.96. The Labute approximate surface area is 161 Å². The number of thiazole rings is 1. The topological polar surface area (TPSA) is 54.5 Å². The average molecular weight is 436 g/mol. The Hall–Kier alpha value is -2.03. The van der Waals surface area contributed by atoms with Crippen LogP contribution in [0.15, 0.2) is 40.9 Å². The number of aromatic nitrogens is 1. The smallest absolute Gasteiger partial charge is 0.256 e. The summed E-state index contributed by atoms with van der Waals surface area (Å²) in [6, 6.07) is 9.62. The van der Waals surface area contributed by atoms with Gasteiger partial charge < -0.3 is 15.0 Å². The summed E-state index contributed by atoms with van der Waals surface area (Å²) in [5, 5.41) is 3.82. The molecule has 1 N–H and O–H groups in total. The van der Waals surface area contributed by atoms with E-state index in [0.717, 1.165) is 28.4 Å². The van der Waals surface area contributed by atoms with E-state index in [2.05, 4.69) is 31.1 Å². The molecule has 1 aliphatic rings. The van der Waals surface area contributed by atoms with Crippen LogP contribution in [0.4, 0.5) is 15.2 Å². The Morgan fingerprint density at radius 3 is 2.81 bits per heavy atom. The monoisotopic (exact) mass is 435 g/mol. The molecule has 134 valence electrons. The second-order valence-electron chi connectivity index (χ2n) is 5.86. The summed E-state index contributed by atoms with van der Waals surface area (Å²) in [6.45, 7) is 3.09. The number of fused-ring (bicyclic) bond motifs is 1. The highest BCUT2D eigenvalue weighted by atomic mass is 79.9. The molecule has 0 spiro atoms. The SMILES string of the molecule is O=C(Nc1ccc2nc(N3CCOCC3)sc2c1)c1ccc(F)cc1Br. The van der Waals surface area contributed by atoms with Gasteiger partial charge in [-0.05, 0) is 52.3 Å². The van der Waals surface area contributed by atoms with Gasteiger partial charge >= 0.3 is 0 Å². The summed E-state index contributed by atoms with van der Waals surface area (Å²) in [6.07, 6.45) is 0. The molecule has 0 radical (unpaired) electrons. The van der Waals surface area contributed by atoms with E-state index in [4.69, 9.17) is 4.74 Å². The molecule has 3 aromatic rings. The second kappa shape index (κ2) is 7.30. The van der Waals surface area contributed by atoms with Crippen LogP contribution in [-0.2, 0) is 4.74 Å². The van der Waals surface area contributed by atoms with Crippen molar-refractivity contribution in [1.82, 2.24) is 4.98 Å². The summed E-state index contributed by atoms with van der Waals surface area (Å²) < 4.78 is 20.0. The lowest BCUT2D eigenvalue weighted by Crippen LogP contribution is -2.36. The van der Waals surface area contributed by atoms with Crippen molar-refractivity contribution in [1.29, 1.82) is 0 Å². The molecule has 1 aromatic heterocycles. The largest absolute Gasteiger partial charge is 0.378 e. The lowest BCUT2D eigenvalue weighted by Gasteiger charge is -2.25. The van der Waals surface area contributed by atoms with Crippen LogP contribution in [0.5, 0.6) is 0 Å². The number of carbonyl (C=O) groups excluding carboxylic acids is 1. The van der Waals surface area contributed by atoms with Crippen LogP contribution >= 0.6 is 27.3 Å². The Morgan fingerprint density at radius 1 is 1.23 bits per heavy atom. The predicted molar refractivity (Wildman–Crippen MR) is 105 cm³/mol. The number of hydrogen-bond acceptors (Lipinski definition) is 5. The van der Waals surface area contributed by atoms with Gasteiger partial charge in [-0.1, -0.05) is 11.3 Å². The molecule has 1 amide bonds. The van der Waals surface area contributed by atoms with E-state index in [-0.39, 0.29) is 5.91 Å². The number of rotatable bonds is 3. The minimum Gasteiger partial charge on any atom is -0.378 e. The number of nitrogens with zero attached hydrogens (tertiary/aromatic N) is 2. The molecule has 0 saturated carbocycles. The Balaban J connectivity index is 1.56. The quantitative estimate of drug-likeness (QED) is 0.666. The van der Waals surface area contributed by atoms with Gasteiger partial charge in [-0.2, -0.15) is 0 Å². The number of ether oxygens (including phenoxy) is 1. The molecule has 2 aromatic carbocycles. The molecule has 1 saturated heterocycles. The number of anilines is 2. The van der Waals surface area contributed by atoms with E-state index in [1.54, 1.807) is 11.3 Å². The first kappa shape index (κ1) is 17.4. The third kappa shape index (κ3) is 3.58. The molecule has 0 atom stereocenters. The van der Waals surface area contributed by atoms with Gasteiger partial charge in [-0.25, -0.2) is 9.37 Å². The fourth-order valence-electron chi connectivity index (χ4n) is 2.75. The van der Waals surface area contributed by atoms with Gasteiger partial charge in [0.25, 0.3) is 5.91 Å². The fraction of sp³-hybridized carbons (Fsp3) is 0.222. The third-order valence-corrected chi connectivity index (χ3v) is 5.83. The minimum atomic E-state index is -0.393. The van der Waals surface area contributed by atoms with Crippen LogP contribution in [0.25, 0.3) is 10.2 Å². The number of carbonyl (C=O) groups is 1. The Morgan fingerprint density at radius 2 is 2.04 bits per heavy atom. The normalized spacial score (nSPS) is 14.6. The van der Waals surface area contributed by atoms with Crippen molar-refractivity contribution in [3.63, 3.8) is 0 Å². The molecular formula is C18H15BrFN3O2S. The van der Waals surface area contributed by atoms with Crippen LogP contribution in [-0.4, -0.2) is 37.2 Å². The first-order valence-electron chi connectivity index (χ1n) is 8.10. The summed E-state index contributed by atoms with van der Waals surface area (Å²) in [5.74, 6) is -0.690. The van der Waals surface area contributed by atoms with E-state index in [0.29, 0.717) is 28.9 Å². The summed E-state index contributed by atoms with van der Waals surface area (Å²) >= 11 is 4.82. The molecule has 0 unspecified atom stereocenters. The van der Waals surface area contributed by atoms with Crippen LogP contribution in [0.3, 0.4) is 0 Å². The molecule has 26 heavy (non-hydrogen) atoms. The van der Waals surface area contributed by atoms with Gasteiger partial charge in [0.1, 0.15) is 5.82 Å². The third-order valence-electron chi connectivity index (χ3n) is 4.09. The maximum Gasteiger partial charge on any atom is 0.256 e. The fourth-order valence-corrected chi connectivity index (χ4v) is 4.34.